The van der Waals surface area contributed by atoms with Gasteiger partial charge in [-0.3, -0.25) is 19.3 Å². The highest BCUT2D eigenvalue weighted by Crippen LogP contribution is 2.34. The highest BCUT2D eigenvalue weighted by Gasteiger charge is 2.36. The van der Waals surface area contributed by atoms with Crippen LogP contribution in [-0.2, 0) is 16.0 Å². The molecule has 1 saturated heterocycles. The van der Waals surface area contributed by atoms with Crippen LogP contribution in [0.4, 0.5) is 10.5 Å². The van der Waals surface area contributed by atoms with Gasteiger partial charge >= 0.3 is 0 Å². The first-order chi connectivity index (χ1) is 16.7. The number of para-hydroxylation sites is 2. The minimum Gasteiger partial charge on any atom is -0.324 e. The van der Waals surface area contributed by atoms with Gasteiger partial charge in [0.1, 0.15) is 6.54 Å². The average molecular weight is 488 g/mol. The highest BCUT2D eigenvalue weighted by molar-refractivity contribution is 8.18. The number of aromatic nitrogens is 1. The summed E-state index contributed by atoms with van der Waals surface area (Å²) >= 11 is 0.868. The molecule has 2 aromatic carbocycles. The standard InChI is InChI=1S/C28H29N3O3S/c1-6-21-12-7-8-13-23(21)31-19(4)14-22(20(31)5)15-24-27(33)30(28(34)35-24)16-25(32)29-26-17(2)10-9-11-18(26)3/h7-15H,6,16H2,1-5H3,(H,29,32)/b24-15-. The van der Waals surface area contributed by atoms with Crippen molar-refractivity contribution in [2.24, 2.45) is 0 Å². The topological polar surface area (TPSA) is 71.4 Å². The third-order valence-electron chi connectivity index (χ3n) is 6.29. The molecule has 0 spiro atoms. The molecular formula is C28H29N3O3S. The Kier molecular flexibility index (Phi) is 6.98. The van der Waals surface area contributed by atoms with Gasteiger partial charge in [0.25, 0.3) is 11.1 Å². The third kappa shape index (κ3) is 4.82. The number of benzene rings is 2. The van der Waals surface area contributed by atoms with Gasteiger partial charge in [0.2, 0.25) is 5.91 Å². The van der Waals surface area contributed by atoms with Crippen molar-refractivity contribution in [3.63, 3.8) is 0 Å². The van der Waals surface area contributed by atoms with Gasteiger partial charge in [0.15, 0.2) is 0 Å². The normalized spacial score (nSPS) is 14.8. The maximum absolute atomic E-state index is 13.0. The molecule has 180 valence electrons. The maximum Gasteiger partial charge on any atom is 0.294 e. The number of anilines is 1. The number of carbonyl (C=O) groups is 3. The van der Waals surface area contributed by atoms with E-state index in [1.165, 1.54) is 5.56 Å². The largest absolute Gasteiger partial charge is 0.324 e. The molecule has 6 nitrogen and oxygen atoms in total. The lowest BCUT2D eigenvalue weighted by atomic mass is 10.1. The molecule has 7 heteroatoms. The Balaban J connectivity index is 1.56. The van der Waals surface area contributed by atoms with E-state index in [2.05, 4.69) is 28.9 Å². The third-order valence-corrected chi connectivity index (χ3v) is 7.20. The van der Waals surface area contributed by atoms with E-state index >= 15 is 0 Å². The summed E-state index contributed by atoms with van der Waals surface area (Å²) in [7, 11) is 0. The van der Waals surface area contributed by atoms with E-state index in [0.717, 1.165) is 56.8 Å². The van der Waals surface area contributed by atoms with Crippen LogP contribution in [0.5, 0.6) is 0 Å². The quantitative estimate of drug-likeness (QED) is 0.436. The van der Waals surface area contributed by atoms with E-state index in [-0.39, 0.29) is 6.54 Å². The monoisotopic (exact) mass is 487 g/mol. The van der Waals surface area contributed by atoms with Crippen molar-refractivity contribution in [2.45, 2.75) is 41.0 Å². The predicted molar refractivity (Wildman–Crippen MR) is 142 cm³/mol. The molecule has 1 N–H and O–H groups in total. The summed E-state index contributed by atoms with van der Waals surface area (Å²) in [4.78, 5) is 39.6. The molecule has 0 unspecified atom stereocenters. The van der Waals surface area contributed by atoms with Gasteiger partial charge in [0.05, 0.1) is 4.91 Å². The van der Waals surface area contributed by atoms with Crippen molar-refractivity contribution < 1.29 is 14.4 Å². The molecule has 3 aromatic rings. The van der Waals surface area contributed by atoms with Crippen LogP contribution in [0, 0.1) is 27.7 Å². The van der Waals surface area contributed by atoms with Crippen molar-refractivity contribution in [2.75, 3.05) is 11.9 Å². The Hall–Kier alpha value is -3.58. The lowest BCUT2D eigenvalue weighted by Crippen LogP contribution is -2.36. The second-order valence-electron chi connectivity index (χ2n) is 8.73. The summed E-state index contributed by atoms with van der Waals surface area (Å²) < 4.78 is 2.17. The predicted octanol–water partition coefficient (Wildman–Crippen LogP) is 5.95. The van der Waals surface area contributed by atoms with Gasteiger partial charge in [0, 0.05) is 22.8 Å². The molecule has 1 aliphatic rings. The van der Waals surface area contributed by atoms with Crippen LogP contribution in [0.1, 0.15) is 40.6 Å². The summed E-state index contributed by atoms with van der Waals surface area (Å²) in [6, 6.07) is 16.0. The van der Waals surface area contributed by atoms with E-state index in [9.17, 15) is 14.4 Å². The zero-order valence-corrected chi connectivity index (χ0v) is 21.5. The SMILES string of the molecule is CCc1ccccc1-n1c(C)cc(/C=C2\SC(=O)N(CC(=O)Nc3c(C)cccc3C)C2=O)c1C. The number of aryl methyl sites for hydroxylation is 4. The first kappa shape index (κ1) is 24.5. The van der Waals surface area contributed by atoms with Crippen molar-refractivity contribution >= 4 is 40.6 Å². The summed E-state index contributed by atoms with van der Waals surface area (Å²) in [5, 5.41) is 2.40. The molecule has 1 fully saturated rings. The maximum atomic E-state index is 13.0. The average Bonchev–Trinajstić information content (AvgIpc) is 3.25. The Morgan fingerprint density at radius 3 is 2.37 bits per heavy atom. The zero-order valence-electron chi connectivity index (χ0n) is 20.6. The van der Waals surface area contributed by atoms with Gasteiger partial charge in [-0.25, -0.2) is 0 Å². The lowest BCUT2D eigenvalue weighted by Gasteiger charge is -2.15. The number of carbonyl (C=O) groups excluding carboxylic acids is 3. The zero-order chi connectivity index (χ0) is 25.3. The van der Waals surface area contributed by atoms with E-state index in [4.69, 9.17) is 0 Å². The minimum atomic E-state index is -0.449. The molecule has 4 rings (SSSR count). The molecule has 1 aromatic heterocycles. The van der Waals surface area contributed by atoms with E-state index < -0.39 is 17.1 Å². The highest BCUT2D eigenvalue weighted by atomic mass is 32.2. The van der Waals surface area contributed by atoms with Crippen molar-refractivity contribution in [1.29, 1.82) is 0 Å². The molecule has 2 heterocycles. The molecule has 0 saturated carbocycles. The van der Waals surface area contributed by atoms with Gasteiger partial charge in [-0.05, 0) is 86.3 Å². The molecule has 0 bridgehead atoms. The van der Waals surface area contributed by atoms with Crippen molar-refractivity contribution in [1.82, 2.24) is 9.47 Å². The molecule has 0 radical (unpaired) electrons. The summed E-state index contributed by atoms with van der Waals surface area (Å²) in [5.41, 5.74) is 7.81. The molecule has 0 atom stereocenters. The number of nitrogens with zero attached hydrogens (tertiary/aromatic N) is 2. The molecular weight excluding hydrogens is 458 g/mol. The summed E-state index contributed by atoms with van der Waals surface area (Å²) in [6.07, 6.45) is 2.66. The second-order valence-corrected chi connectivity index (χ2v) is 9.72. The van der Waals surface area contributed by atoms with Crippen LogP contribution in [0.3, 0.4) is 0 Å². The van der Waals surface area contributed by atoms with Crippen molar-refractivity contribution in [3.05, 3.63) is 87.1 Å². The van der Waals surface area contributed by atoms with E-state index in [1.807, 2.05) is 64.1 Å². The number of hydrogen-bond donors (Lipinski definition) is 1. The number of rotatable bonds is 6. The first-order valence-corrected chi connectivity index (χ1v) is 12.4. The Labute approximate surface area is 210 Å². The number of thioether (sulfide) groups is 1. The smallest absolute Gasteiger partial charge is 0.294 e. The van der Waals surface area contributed by atoms with Gasteiger partial charge in [-0.1, -0.05) is 43.3 Å². The molecule has 3 amide bonds. The van der Waals surface area contributed by atoms with Crippen LogP contribution in [0.15, 0.2) is 53.4 Å². The summed E-state index contributed by atoms with van der Waals surface area (Å²) in [6.45, 7) is 9.65. The van der Waals surface area contributed by atoms with E-state index in [0.29, 0.717) is 10.6 Å². The number of imide groups is 1. The fourth-order valence-corrected chi connectivity index (χ4v) is 5.27. The second kappa shape index (κ2) is 9.96. The van der Waals surface area contributed by atoms with Crippen molar-refractivity contribution in [3.8, 4) is 5.69 Å². The Bertz CT molecular complexity index is 1350. The van der Waals surface area contributed by atoms with Crippen LogP contribution < -0.4 is 5.32 Å². The number of amides is 3. The molecule has 0 aliphatic carbocycles. The van der Waals surface area contributed by atoms with E-state index in [1.54, 1.807) is 6.08 Å². The Morgan fingerprint density at radius 1 is 1.00 bits per heavy atom. The fraction of sp³-hybridized carbons (Fsp3) is 0.250. The van der Waals surface area contributed by atoms with Gasteiger partial charge in [-0.2, -0.15) is 0 Å². The van der Waals surface area contributed by atoms with Crippen LogP contribution in [-0.4, -0.2) is 33.1 Å². The Morgan fingerprint density at radius 2 is 1.69 bits per heavy atom. The van der Waals surface area contributed by atoms with Gasteiger partial charge in [-0.15, -0.1) is 0 Å². The number of nitrogens with one attached hydrogen (secondary N) is 1. The minimum absolute atomic E-state index is 0.318. The fourth-order valence-electron chi connectivity index (χ4n) is 4.44. The molecule has 1 aliphatic heterocycles. The molecule has 35 heavy (non-hydrogen) atoms. The first-order valence-electron chi connectivity index (χ1n) is 11.6. The summed E-state index contributed by atoms with van der Waals surface area (Å²) in [5.74, 6) is -0.851. The van der Waals surface area contributed by atoms with Crippen LogP contribution in [0.25, 0.3) is 11.8 Å². The van der Waals surface area contributed by atoms with Gasteiger partial charge < -0.3 is 9.88 Å². The van der Waals surface area contributed by atoms with Crippen LogP contribution in [0.2, 0.25) is 0 Å². The lowest BCUT2D eigenvalue weighted by molar-refractivity contribution is -0.127. The van der Waals surface area contributed by atoms with Crippen LogP contribution >= 0.6 is 11.8 Å². The number of hydrogen-bond acceptors (Lipinski definition) is 4.